The van der Waals surface area contributed by atoms with Gasteiger partial charge < -0.3 is 27.4 Å². The molecule has 1 unspecified atom stereocenters. The SMILES string of the molecule is Cc1ccncc1NC(=O)C(C(N)N)C1NCC(CC#N)CN1. The van der Waals surface area contributed by atoms with E-state index in [9.17, 15) is 4.79 Å². The van der Waals surface area contributed by atoms with Crippen molar-refractivity contribution in [1.29, 1.82) is 5.26 Å². The van der Waals surface area contributed by atoms with E-state index < -0.39 is 12.1 Å². The number of nitrogens with zero attached hydrogens (tertiary/aromatic N) is 2. The van der Waals surface area contributed by atoms with E-state index in [-0.39, 0.29) is 18.0 Å². The highest BCUT2D eigenvalue weighted by Crippen LogP contribution is 2.16. The summed E-state index contributed by atoms with van der Waals surface area (Å²) in [7, 11) is 0. The van der Waals surface area contributed by atoms with Gasteiger partial charge in [0.25, 0.3) is 0 Å². The number of aromatic nitrogens is 1. The van der Waals surface area contributed by atoms with E-state index in [4.69, 9.17) is 16.7 Å². The van der Waals surface area contributed by atoms with Crippen LogP contribution in [0, 0.1) is 30.1 Å². The van der Waals surface area contributed by atoms with Crippen LogP contribution in [-0.2, 0) is 4.79 Å². The zero-order chi connectivity index (χ0) is 16.8. The summed E-state index contributed by atoms with van der Waals surface area (Å²) in [5, 5.41) is 18.0. The molecular weight excluding hydrogens is 294 g/mol. The van der Waals surface area contributed by atoms with E-state index in [2.05, 4.69) is 27.0 Å². The average molecular weight is 317 g/mol. The number of pyridine rings is 1. The average Bonchev–Trinajstić information content (AvgIpc) is 2.51. The first-order valence-electron chi connectivity index (χ1n) is 7.59. The summed E-state index contributed by atoms with van der Waals surface area (Å²) in [6, 6.07) is 3.97. The monoisotopic (exact) mass is 317 g/mol. The van der Waals surface area contributed by atoms with Crippen LogP contribution in [0.2, 0.25) is 0 Å². The Morgan fingerprint density at radius 2 is 2.22 bits per heavy atom. The summed E-state index contributed by atoms with van der Waals surface area (Å²) in [6.45, 7) is 3.18. The van der Waals surface area contributed by atoms with Gasteiger partial charge in [0.15, 0.2) is 0 Å². The molecule has 23 heavy (non-hydrogen) atoms. The lowest BCUT2D eigenvalue weighted by atomic mass is 9.96. The van der Waals surface area contributed by atoms with Crippen LogP contribution < -0.4 is 27.4 Å². The maximum Gasteiger partial charge on any atom is 0.233 e. The Morgan fingerprint density at radius 1 is 1.52 bits per heavy atom. The molecule has 1 amide bonds. The zero-order valence-corrected chi connectivity index (χ0v) is 13.1. The van der Waals surface area contributed by atoms with Gasteiger partial charge in [-0.25, -0.2) is 0 Å². The molecule has 124 valence electrons. The van der Waals surface area contributed by atoms with Crippen LogP contribution in [0.5, 0.6) is 0 Å². The molecule has 0 saturated carbocycles. The van der Waals surface area contributed by atoms with Gasteiger partial charge in [-0.3, -0.25) is 9.78 Å². The highest BCUT2D eigenvalue weighted by Gasteiger charge is 2.34. The number of hydrogen-bond acceptors (Lipinski definition) is 7. The molecule has 7 N–H and O–H groups in total. The summed E-state index contributed by atoms with van der Waals surface area (Å²) >= 11 is 0. The number of nitrogens with one attached hydrogen (secondary N) is 3. The lowest BCUT2D eigenvalue weighted by molar-refractivity contribution is -0.122. The first-order valence-corrected chi connectivity index (χ1v) is 7.59. The Labute approximate surface area is 135 Å². The first kappa shape index (κ1) is 17.3. The van der Waals surface area contributed by atoms with Crippen LogP contribution >= 0.6 is 0 Å². The van der Waals surface area contributed by atoms with Crippen molar-refractivity contribution in [2.45, 2.75) is 25.7 Å². The molecule has 0 aliphatic carbocycles. The summed E-state index contributed by atoms with van der Waals surface area (Å²) < 4.78 is 0. The van der Waals surface area contributed by atoms with Gasteiger partial charge in [-0.15, -0.1) is 0 Å². The van der Waals surface area contributed by atoms with Gasteiger partial charge in [-0.1, -0.05) is 0 Å². The number of carbonyl (C=O) groups excluding carboxylic acids is 1. The van der Waals surface area contributed by atoms with Crippen molar-refractivity contribution < 1.29 is 4.79 Å². The van der Waals surface area contributed by atoms with Crippen LogP contribution in [0.4, 0.5) is 5.69 Å². The summed E-state index contributed by atoms with van der Waals surface area (Å²) in [5.41, 5.74) is 13.2. The maximum absolute atomic E-state index is 12.6. The fraction of sp³-hybridized carbons (Fsp3) is 0.533. The smallest absolute Gasteiger partial charge is 0.233 e. The molecule has 1 atom stereocenters. The number of carbonyl (C=O) groups is 1. The number of rotatable bonds is 5. The van der Waals surface area contributed by atoms with Crippen molar-refractivity contribution in [2.75, 3.05) is 18.4 Å². The Bertz CT molecular complexity index is 575. The second-order valence-corrected chi connectivity index (χ2v) is 5.81. The minimum absolute atomic E-state index is 0.217. The zero-order valence-electron chi connectivity index (χ0n) is 13.1. The van der Waals surface area contributed by atoms with Gasteiger partial charge in [0.1, 0.15) is 0 Å². The van der Waals surface area contributed by atoms with Gasteiger partial charge >= 0.3 is 0 Å². The third-order valence-electron chi connectivity index (χ3n) is 4.01. The van der Waals surface area contributed by atoms with Crippen molar-refractivity contribution in [3.05, 3.63) is 24.0 Å². The fourth-order valence-corrected chi connectivity index (χ4v) is 2.62. The third-order valence-corrected chi connectivity index (χ3v) is 4.01. The molecule has 2 heterocycles. The van der Waals surface area contributed by atoms with Gasteiger partial charge in [0, 0.05) is 25.7 Å². The van der Waals surface area contributed by atoms with Gasteiger partial charge in [0.2, 0.25) is 5.91 Å². The largest absolute Gasteiger partial charge is 0.324 e. The number of nitrogens with two attached hydrogens (primary N) is 2. The van der Waals surface area contributed by atoms with Gasteiger partial charge in [0.05, 0.1) is 36.2 Å². The van der Waals surface area contributed by atoms with Crippen molar-refractivity contribution in [3.63, 3.8) is 0 Å². The van der Waals surface area contributed by atoms with Gasteiger partial charge in [-0.2, -0.15) is 5.26 Å². The molecule has 1 saturated heterocycles. The standard InChI is InChI=1S/C15H23N7O/c1-9-3-5-19-8-11(9)22-15(23)12(13(17)18)14-20-6-10(2-4-16)7-21-14/h3,5,8,10,12-14,20-21H,2,6-7,17-18H2,1H3,(H,22,23). The van der Waals surface area contributed by atoms with E-state index in [0.29, 0.717) is 25.2 Å². The van der Waals surface area contributed by atoms with E-state index >= 15 is 0 Å². The Morgan fingerprint density at radius 3 is 2.78 bits per heavy atom. The van der Waals surface area contributed by atoms with E-state index in [1.807, 2.05) is 13.0 Å². The summed E-state index contributed by atoms with van der Waals surface area (Å²) in [4.78, 5) is 16.6. The Hall–Kier alpha value is -2.05. The summed E-state index contributed by atoms with van der Waals surface area (Å²) in [5.74, 6) is -0.688. The fourth-order valence-electron chi connectivity index (χ4n) is 2.62. The lowest BCUT2D eigenvalue weighted by Crippen LogP contribution is -2.63. The van der Waals surface area contributed by atoms with Crippen molar-refractivity contribution in [3.8, 4) is 6.07 Å². The lowest BCUT2D eigenvalue weighted by Gasteiger charge is -2.36. The molecule has 1 fully saturated rings. The Kier molecular flexibility index (Phi) is 6.01. The second-order valence-electron chi connectivity index (χ2n) is 5.81. The quantitative estimate of drug-likeness (QED) is 0.449. The van der Waals surface area contributed by atoms with E-state index in [1.54, 1.807) is 12.4 Å². The number of aryl methyl sites for hydroxylation is 1. The predicted molar refractivity (Wildman–Crippen MR) is 86.8 cm³/mol. The van der Waals surface area contributed by atoms with Crippen LogP contribution in [0.1, 0.15) is 12.0 Å². The predicted octanol–water partition coefficient (Wildman–Crippen LogP) is -0.763. The number of anilines is 1. The highest BCUT2D eigenvalue weighted by atomic mass is 16.2. The van der Waals surface area contributed by atoms with Crippen molar-refractivity contribution in [1.82, 2.24) is 15.6 Å². The highest BCUT2D eigenvalue weighted by molar-refractivity contribution is 5.93. The van der Waals surface area contributed by atoms with Crippen molar-refractivity contribution in [2.24, 2.45) is 23.3 Å². The topological polar surface area (TPSA) is 142 Å². The minimum atomic E-state index is -0.815. The summed E-state index contributed by atoms with van der Waals surface area (Å²) in [6.07, 6.45) is 2.58. The number of amides is 1. The Balaban J connectivity index is 2.03. The molecule has 0 aromatic carbocycles. The molecule has 0 spiro atoms. The molecule has 8 heteroatoms. The number of hydrogen-bond donors (Lipinski definition) is 5. The molecule has 1 aliphatic rings. The molecule has 1 aromatic rings. The molecule has 0 radical (unpaired) electrons. The first-order chi connectivity index (χ1) is 11.0. The van der Waals surface area contributed by atoms with Crippen LogP contribution in [0.15, 0.2) is 18.5 Å². The molecule has 1 aliphatic heterocycles. The molecule has 8 nitrogen and oxygen atoms in total. The minimum Gasteiger partial charge on any atom is -0.324 e. The molecule has 2 rings (SSSR count). The number of nitriles is 1. The molecular formula is C15H23N7O. The van der Waals surface area contributed by atoms with Crippen LogP contribution in [0.3, 0.4) is 0 Å². The maximum atomic E-state index is 12.6. The van der Waals surface area contributed by atoms with E-state index in [0.717, 1.165) is 5.56 Å². The normalized spacial score (nSPS) is 22.4. The third kappa shape index (κ3) is 4.46. The van der Waals surface area contributed by atoms with Crippen molar-refractivity contribution >= 4 is 11.6 Å². The molecule has 0 bridgehead atoms. The van der Waals surface area contributed by atoms with Gasteiger partial charge in [-0.05, 0) is 24.5 Å². The second kappa shape index (κ2) is 7.99. The van der Waals surface area contributed by atoms with Crippen LogP contribution in [0.25, 0.3) is 0 Å². The molecule has 1 aromatic heterocycles. The van der Waals surface area contributed by atoms with Crippen LogP contribution in [-0.4, -0.2) is 36.3 Å². The van der Waals surface area contributed by atoms with E-state index in [1.165, 1.54) is 0 Å².